The van der Waals surface area contributed by atoms with Crippen molar-refractivity contribution in [3.05, 3.63) is 80.7 Å². The Labute approximate surface area is 183 Å². The summed E-state index contributed by atoms with van der Waals surface area (Å²) in [5, 5.41) is 0.533. The SMILES string of the molecule is Cc1ccc2oc3c(c(=O)c2c1)[C@H](c1ccc(C(C)C)cc1)N(CCCN(C)C)C3=O. The fourth-order valence-corrected chi connectivity index (χ4v) is 4.33. The summed E-state index contributed by atoms with van der Waals surface area (Å²) in [5.41, 5.74) is 3.98. The molecule has 31 heavy (non-hydrogen) atoms. The molecule has 0 fully saturated rings. The van der Waals surface area contributed by atoms with Crippen molar-refractivity contribution < 1.29 is 9.21 Å². The van der Waals surface area contributed by atoms with E-state index in [1.807, 2.05) is 45.3 Å². The molecule has 5 heteroatoms. The molecule has 3 aromatic rings. The third kappa shape index (κ3) is 3.90. The predicted molar refractivity (Wildman–Crippen MR) is 124 cm³/mol. The number of nitrogens with zero attached hydrogens (tertiary/aromatic N) is 2. The van der Waals surface area contributed by atoms with E-state index in [0.29, 0.717) is 29.0 Å². The maximum absolute atomic E-state index is 13.6. The molecule has 162 valence electrons. The smallest absolute Gasteiger partial charge is 0.290 e. The fourth-order valence-electron chi connectivity index (χ4n) is 4.33. The number of hydrogen-bond acceptors (Lipinski definition) is 4. The predicted octanol–water partition coefficient (Wildman–Crippen LogP) is 4.72. The van der Waals surface area contributed by atoms with Gasteiger partial charge in [0.15, 0.2) is 5.43 Å². The summed E-state index contributed by atoms with van der Waals surface area (Å²) in [6.07, 6.45) is 0.820. The molecular weight excluding hydrogens is 388 g/mol. The van der Waals surface area contributed by atoms with Crippen LogP contribution in [0.4, 0.5) is 0 Å². The van der Waals surface area contributed by atoms with Gasteiger partial charge in [-0.15, -0.1) is 0 Å². The summed E-state index contributed by atoms with van der Waals surface area (Å²) in [7, 11) is 4.03. The summed E-state index contributed by atoms with van der Waals surface area (Å²) in [5.74, 6) is 0.398. The third-order valence-electron chi connectivity index (χ3n) is 6.04. The first kappa shape index (κ1) is 21.3. The van der Waals surface area contributed by atoms with E-state index in [9.17, 15) is 9.59 Å². The summed E-state index contributed by atoms with van der Waals surface area (Å²) in [4.78, 5) is 30.8. The minimum Gasteiger partial charge on any atom is -0.450 e. The highest BCUT2D eigenvalue weighted by Gasteiger charge is 2.42. The second-order valence-electron chi connectivity index (χ2n) is 9.05. The third-order valence-corrected chi connectivity index (χ3v) is 6.04. The first-order chi connectivity index (χ1) is 14.8. The van der Waals surface area contributed by atoms with Gasteiger partial charge >= 0.3 is 0 Å². The van der Waals surface area contributed by atoms with Crippen molar-refractivity contribution in [2.24, 2.45) is 0 Å². The van der Waals surface area contributed by atoms with E-state index in [1.54, 1.807) is 11.0 Å². The maximum atomic E-state index is 13.6. The molecule has 1 atom stereocenters. The van der Waals surface area contributed by atoms with Crippen LogP contribution in [0.5, 0.6) is 0 Å². The largest absolute Gasteiger partial charge is 0.450 e. The monoisotopic (exact) mass is 418 g/mol. The average Bonchev–Trinajstić information content (AvgIpc) is 3.01. The normalized spacial score (nSPS) is 16.0. The first-order valence-corrected chi connectivity index (χ1v) is 10.9. The van der Waals surface area contributed by atoms with Crippen LogP contribution in [0.25, 0.3) is 11.0 Å². The molecule has 1 aliphatic heterocycles. The number of rotatable bonds is 6. The molecule has 1 amide bonds. The van der Waals surface area contributed by atoms with Crippen LogP contribution in [0, 0.1) is 6.92 Å². The number of hydrogen-bond donors (Lipinski definition) is 0. The molecule has 0 saturated carbocycles. The number of benzene rings is 2. The van der Waals surface area contributed by atoms with Gasteiger partial charge in [0.05, 0.1) is 17.0 Å². The maximum Gasteiger partial charge on any atom is 0.290 e. The van der Waals surface area contributed by atoms with Crippen LogP contribution in [-0.2, 0) is 0 Å². The van der Waals surface area contributed by atoms with Crippen molar-refractivity contribution in [3.8, 4) is 0 Å². The molecule has 0 unspecified atom stereocenters. The number of carbonyl (C=O) groups is 1. The van der Waals surface area contributed by atoms with E-state index in [1.165, 1.54) is 5.56 Å². The summed E-state index contributed by atoms with van der Waals surface area (Å²) < 4.78 is 6.02. The molecule has 0 N–H and O–H groups in total. The Morgan fingerprint density at radius 1 is 1.06 bits per heavy atom. The summed E-state index contributed by atoms with van der Waals surface area (Å²) >= 11 is 0. The Balaban J connectivity index is 1.86. The van der Waals surface area contributed by atoms with E-state index < -0.39 is 6.04 Å². The van der Waals surface area contributed by atoms with E-state index in [4.69, 9.17) is 4.42 Å². The standard InChI is InChI=1S/C26H30N2O3/c1-16(2)18-8-10-19(11-9-18)23-22-24(29)20-15-17(3)7-12-21(20)31-25(22)26(30)28(23)14-6-13-27(4)5/h7-12,15-16,23H,6,13-14H2,1-5H3/t23-/m0/s1. The van der Waals surface area contributed by atoms with Crippen LogP contribution in [0.15, 0.2) is 51.7 Å². The molecule has 0 radical (unpaired) electrons. The molecular formula is C26H30N2O3. The van der Waals surface area contributed by atoms with E-state index in [2.05, 4.69) is 30.9 Å². The van der Waals surface area contributed by atoms with Gasteiger partial charge < -0.3 is 14.2 Å². The van der Waals surface area contributed by atoms with Gasteiger partial charge in [-0.25, -0.2) is 0 Å². The Morgan fingerprint density at radius 3 is 2.42 bits per heavy atom. The molecule has 0 spiro atoms. The lowest BCUT2D eigenvalue weighted by atomic mass is 9.95. The summed E-state index contributed by atoms with van der Waals surface area (Å²) in [6, 6.07) is 13.4. The summed E-state index contributed by atoms with van der Waals surface area (Å²) in [6.45, 7) is 7.68. The van der Waals surface area contributed by atoms with E-state index in [-0.39, 0.29) is 17.1 Å². The van der Waals surface area contributed by atoms with Gasteiger partial charge in [0, 0.05) is 6.54 Å². The van der Waals surface area contributed by atoms with Crippen molar-refractivity contribution >= 4 is 16.9 Å². The molecule has 1 aliphatic rings. The highest BCUT2D eigenvalue weighted by Crippen LogP contribution is 2.38. The quantitative estimate of drug-likeness (QED) is 0.581. The van der Waals surface area contributed by atoms with Crippen molar-refractivity contribution in [3.63, 3.8) is 0 Å². The van der Waals surface area contributed by atoms with Gasteiger partial charge in [0.2, 0.25) is 5.76 Å². The van der Waals surface area contributed by atoms with Crippen molar-refractivity contribution in [2.45, 2.75) is 39.2 Å². The van der Waals surface area contributed by atoms with Gasteiger partial charge in [-0.05, 0) is 63.2 Å². The second-order valence-corrected chi connectivity index (χ2v) is 9.05. The van der Waals surface area contributed by atoms with E-state index >= 15 is 0 Å². The van der Waals surface area contributed by atoms with Gasteiger partial charge in [-0.1, -0.05) is 49.7 Å². The number of carbonyl (C=O) groups excluding carboxylic acids is 1. The van der Waals surface area contributed by atoms with Crippen molar-refractivity contribution in [2.75, 3.05) is 27.2 Å². The molecule has 5 nitrogen and oxygen atoms in total. The van der Waals surface area contributed by atoms with Gasteiger partial charge in [0.25, 0.3) is 5.91 Å². The molecule has 4 rings (SSSR count). The zero-order valence-electron chi connectivity index (χ0n) is 18.9. The zero-order chi connectivity index (χ0) is 22.3. The lowest BCUT2D eigenvalue weighted by molar-refractivity contribution is 0.0722. The number of aryl methyl sites for hydroxylation is 1. The molecule has 1 aromatic heterocycles. The number of fused-ring (bicyclic) bond motifs is 2. The lowest BCUT2D eigenvalue weighted by Gasteiger charge is -2.26. The van der Waals surface area contributed by atoms with Crippen molar-refractivity contribution in [1.29, 1.82) is 0 Å². The van der Waals surface area contributed by atoms with Crippen LogP contribution in [0.2, 0.25) is 0 Å². The Morgan fingerprint density at radius 2 is 1.77 bits per heavy atom. The van der Waals surface area contributed by atoms with Crippen molar-refractivity contribution in [1.82, 2.24) is 9.80 Å². The van der Waals surface area contributed by atoms with Gasteiger partial charge in [0.1, 0.15) is 5.58 Å². The topological polar surface area (TPSA) is 53.8 Å². The van der Waals surface area contributed by atoms with Crippen LogP contribution >= 0.6 is 0 Å². The molecule has 0 saturated heterocycles. The average molecular weight is 419 g/mol. The highest BCUT2D eigenvalue weighted by molar-refractivity contribution is 5.99. The minimum absolute atomic E-state index is 0.110. The highest BCUT2D eigenvalue weighted by atomic mass is 16.3. The first-order valence-electron chi connectivity index (χ1n) is 10.9. The Hall–Kier alpha value is -2.92. The lowest BCUT2D eigenvalue weighted by Crippen LogP contribution is -2.32. The Bertz CT molecular complexity index is 1180. The van der Waals surface area contributed by atoms with Gasteiger partial charge in [-0.3, -0.25) is 9.59 Å². The zero-order valence-corrected chi connectivity index (χ0v) is 18.9. The fraction of sp³-hybridized carbons (Fsp3) is 0.385. The number of amides is 1. The van der Waals surface area contributed by atoms with Gasteiger partial charge in [-0.2, -0.15) is 0 Å². The van der Waals surface area contributed by atoms with Crippen LogP contribution in [-0.4, -0.2) is 42.9 Å². The van der Waals surface area contributed by atoms with Crippen LogP contribution < -0.4 is 5.43 Å². The van der Waals surface area contributed by atoms with Crippen LogP contribution in [0.3, 0.4) is 0 Å². The molecule has 2 heterocycles. The Kier molecular flexibility index (Phi) is 5.71. The van der Waals surface area contributed by atoms with Crippen LogP contribution in [0.1, 0.15) is 65.0 Å². The molecule has 2 aromatic carbocycles. The van der Waals surface area contributed by atoms with E-state index in [0.717, 1.165) is 24.1 Å². The molecule has 0 bridgehead atoms. The minimum atomic E-state index is -0.424. The molecule has 0 aliphatic carbocycles. The second kappa shape index (κ2) is 8.31.